The second-order valence-corrected chi connectivity index (χ2v) is 8.71. The fourth-order valence-electron chi connectivity index (χ4n) is 2.68. The van der Waals surface area contributed by atoms with Crippen LogP contribution in [0.5, 0.6) is 0 Å². The van der Waals surface area contributed by atoms with Crippen molar-refractivity contribution in [3.8, 4) is 0 Å². The number of nitrogens with zero attached hydrogens (tertiary/aromatic N) is 1. The van der Waals surface area contributed by atoms with Gasteiger partial charge in [0.15, 0.2) is 0 Å². The summed E-state index contributed by atoms with van der Waals surface area (Å²) in [6, 6.07) is 12.0. The van der Waals surface area contributed by atoms with E-state index in [1.165, 1.54) is 12.1 Å². The first-order valence-corrected chi connectivity index (χ1v) is 9.57. The lowest BCUT2D eigenvalue weighted by atomic mass is 10.1. The fraction of sp³-hybridized carbons (Fsp3) is 0.263. The zero-order valence-corrected chi connectivity index (χ0v) is 17.3. The second kappa shape index (κ2) is 7.82. The van der Waals surface area contributed by atoms with Crippen molar-refractivity contribution >= 4 is 58.1 Å². The van der Waals surface area contributed by atoms with E-state index in [4.69, 9.17) is 39.5 Å². The van der Waals surface area contributed by atoms with Crippen molar-refractivity contribution in [3.63, 3.8) is 0 Å². The van der Waals surface area contributed by atoms with Crippen molar-refractivity contribution in [2.45, 2.75) is 23.8 Å². The van der Waals surface area contributed by atoms with Gasteiger partial charge in [-0.2, -0.15) is 0 Å². The van der Waals surface area contributed by atoms with Crippen LogP contribution in [0.2, 0.25) is 5.02 Å². The lowest BCUT2D eigenvalue weighted by Gasteiger charge is -2.21. The number of amides is 1. The van der Waals surface area contributed by atoms with E-state index in [0.29, 0.717) is 5.56 Å². The highest BCUT2D eigenvalue weighted by Crippen LogP contribution is 2.64. The molecule has 152 valence electrons. The van der Waals surface area contributed by atoms with Crippen LogP contribution >= 0.6 is 34.8 Å². The van der Waals surface area contributed by atoms with Crippen LogP contribution in [0.4, 0.5) is 11.4 Å². The Morgan fingerprint density at radius 1 is 1.21 bits per heavy atom. The maximum Gasteiger partial charge on any atom is 0.316 e. The molecule has 2 atom stereocenters. The highest BCUT2D eigenvalue weighted by atomic mass is 35.5. The molecule has 1 fully saturated rings. The Morgan fingerprint density at radius 2 is 1.83 bits per heavy atom. The third-order valence-corrected chi connectivity index (χ3v) is 6.11. The van der Waals surface area contributed by atoms with E-state index in [-0.39, 0.29) is 22.8 Å². The van der Waals surface area contributed by atoms with Crippen LogP contribution in [-0.2, 0) is 14.3 Å². The minimum atomic E-state index is -1.29. The van der Waals surface area contributed by atoms with Gasteiger partial charge in [0.25, 0.3) is 11.6 Å². The maximum atomic E-state index is 12.9. The number of carbonyl (C=O) groups is 2. The molecule has 0 spiro atoms. The predicted octanol–water partition coefficient (Wildman–Crippen LogP) is 5.06. The molecule has 1 amide bonds. The van der Waals surface area contributed by atoms with Gasteiger partial charge in [0, 0.05) is 24.1 Å². The molecule has 10 heteroatoms. The van der Waals surface area contributed by atoms with Crippen LogP contribution in [0, 0.1) is 15.5 Å². The van der Waals surface area contributed by atoms with E-state index < -0.39 is 32.7 Å². The number of carbonyl (C=O) groups excluding carboxylic acids is 2. The van der Waals surface area contributed by atoms with Gasteiger partial charge in [-0.25, -0.2) is 0 Å². The lowest BCUT2D eigenvalue weighted by molar-refractivity contribution is -0.384. The van der Waals surface area contributed by atoms with Crippen LogP contribution in [-0.4, -0.2) is 21.1 Å². The molecule has 0 radical (unpaired) electrons. The number of esters is 1. The fourth-order valence-corrected chi connectivity index (χ4v) is 3.59. The monoisotopic (exact) mass is 456 g/mol. The number of benzene rings is 2. The van der Waals surface area contributed by atoms with E-state index in [9.17, 15) is 19.7 Å². The second-order valence-electron chi connectivity index (χ2n) is 6.82. The first-order chi connectivity index (χ1) is 13.5. The van der Waals surface area contributed by atoms with Gasteiger partial charge in [-0.3, -0.25) is 19.7 Å². The minimum absolute atomic E-state index is 0.0274. The number of halogens is 3. The molecule has 1 aliphatic carbocycles. The zero-order valence-electron chi connectivity index (χ0n) is 15.0. The van der Waals surface area contributed by atoms with Gasteiger partial charge >= 0.3 is 5.97 Å². The Hall–Kier alpha value is -2.35. The van der Waals surface area contributed by atoms with Gasteiger partial charge in [-0.05, 0) is 13.0 Å². The van der Waals surface area contributed by atoms with E-state index in [1.54, 1.807) is 37.3 Å². The molecule has 0 heterocycles. The summed E-state index contributed by atoms with van der Waals surface area (Å²) in [5.41, 5.74) is -0.772. The summed E-state index contributed by atoms with van der Waals surface area (Å²) in [4.78, 5) is 35.7. The molecule has 0 aliphatic heterocycles. The van der Waals surface area contributed by atoms with Crippen molar-refractivity contribution in [1.29, 1.82) is 0 Å². The molecule has 7 nitrogen and oxygen atoms in total. The number of hydrogen-bond acceptors (Lipinski definition) is 5. The van der Waals surface area contributed by atoms with Gasteiger partial charge in [0.05, 0.1) is 15.6 Å². The van der Waals surface area contributed by atoms with Crippen LogP contribution in [0.1, 0.15) is 25.0 Å². The summed E-state index contributed by atoms with van der Waals surface area (Å²) in [6.45, 7) is 1.56. The maximum absolute atomic E-state index is 12.9. The Bertz CT molecular complexity index is 983. The molecule has 2 aromatic carbocycles. The van der Waals surface area contributed by atoms with E-state index in [2.05, 4.69) is 5.32 Å². The smallest absolute Gasteiger partial charge is 0.316 e. The number of alkyl halides is 2. The highest BCUT2D eigenvalue weighted by Gasteiger charge is 2.69. The molecule has 2 aromatic rings. The van der Waals surface area contributed by atoms with E-state index >= 15 is 0 Å². The summed E-state index contributed by atoms with van der Waals surface area (Å²) >= 11 is 18.1. The highest BCUT2D eigenvalue weighted by molar-refractivity contribution is 6.53. The first kappa shape index (κ1) is 21.4. The van der Waals surface area contributed by atoms with Crippen molar-refractivity contribution in [3.05, 3.63) is 69.2 Å². The zero-order chi connectivity index (χ0) is 21.4. The number of nitro groups is 1. The van der Waals surface area contributed by atoms with Crippen molar-refractivity contribution in [1.82, 2.24) is 0 Å². The SMILES string of the molecule is CC1(C(=O)OC(C(=O)Nc2ccc([N+](=O)[O-])cc2Cl)c2ccccc2)CC1(Cl)Cl. The quantitative estimate of drug-likeness (QED) is 0.283. The van der Waals surface area contributed by atoms with Crippen molar-refractivity contribution < 1.29 is 19.2 Å². The Kier molecular flexibility index (Phi) is 5.76. The Morgan fingerprint density at radius 3 is 2.34 bits per heavy atom. The molecule has 1 saturated carbocycles. The number of nitro benzene ring substituents is 1. The third-order valence-electron chi connectivity index (χ3n) is 4.70. The normalized spacial score (nSPS) is 20.4. The van der Waals surface area contributed by atoms with Crippen molar-refractivity contribution in [2.24, 2.45) is 5.41 Å². The average molecular weight is 458 g/mol. The number of rotatable bonds is 6. The Labute approximate surface area is 181 Å². The summed E-state index contributed by atoms with van der Waals surface area (Å²) < 4.78 is 4.22. The molecule has 0 saturated heterocycles. The van der Waals surface area contributed by atoms with Crippen molar-refractivity contribution in [2.75, 3.05) is 5.32 Å². The molecular formula is C19H15Cl3N2O5. The summed E-state index contributed by atoms with van der Waals surface area (Å²) in [7, 11) is 0. The van der Waals surface area contributed by atoms with Gasteiger partial charge in [-0.15, -0.1) is 23.2 Å². The first-order valence-electron chi connectivity index (χ1n) is 8.44. The number of nitrogens with one attached hydrogen (secondary N) is 1. The van der Waals surface area contributed by atoms with Crippen LogP contribution < -0.4 is 5.32 Å². The molecule has 1 aliphatic rings. The number of non-ortho nitro benzene ring substituents is 1. The predicted molar refractivity (Wildman–Crippen MR) is 109 cm³/mol. The molecular weight excluding hydrogens is 443 g/mol. The summed E-state index contributed by atoms with van der Waals surface area (Å²) in [5.74, 6) is -1.39. The molecule has 0 aromatic heterocycles. The van der Waals surface area contributed by atoms with E-state index in [1.807, 2.05) is 0 Å². The standard InChI is InChI=1S/C19H15Cl3N2O5/c1-18(10-19(18,21)22)17(26)29-15(11-5-3-2-4-6-11)16(25)23-14-8-7-12(24(27)28)9-13(14)20/h2-9,15H,10H2,1H3,(H,23,25). The number of anilines is 1. The minimum Gasteiger partial charge on any atom is -0.447 e. The van der Waals surface area contributed by atoms with Crippen LogP contribution in [0.15, 0.2) is 48.5 Å². The van der Waals surface area contributed by atoms with Gasteiger partial charge in [-0.1, -0.05) is 41.9 Å². The summed E-state index contributed by atoms with van der Waals surface area (Å²) in [6.07, 6.45) is -1.09. The van der Waals surface area contributed by atoms with Crippen LogP contribution in [0.3, 0.4) is 0 Å². The third kappa shape index (κ3) is 4.32. The topological polar surface area (TPSA) is 98.5 Å². The summed E-state index contributed by atoms with van der Waals surface area (Å²) in [5, 5.41) is 13.3. The molecule has 29 heavy (non-hydrogen) atoms. The number of hydrogen-bond donors (Lipinski definition) is 1. The largest absolute Gasteiger partial charge is 0.447 e. The van der Waals surface area contributed by atoms with Gasteiger partial charge < -0.3 is 10.1 Å². The molecule has 2 unspecified atom stereocenters. The van der Waals surface area contributed by atoms with Gasteiger partial charge in [0.1, 0.15) is 9.75 Å². The molecule has 0 bridgehead atoms. The Balaban J connectivity index is 1.84. The number of ether oxygens (including phenoxy) is 1. The van der Waals surface area contributed by atoms with E-state index in [0.717, 1.165) is 6.07 Å². The lowest BCUT2D eigenvalue weighted by Crippen LogP contribution is -2.30. The molecule has 1 N–H and O–H groups in total. The van der Waals surface area contributed by atoms with Crippen LogP contribution in [0.25, 0.3) is 0 Å². The van der Waals surface area contributed by atoms with Gasteiger partial charge in [0.2, 0.25) is 6.10 Å². The average Bonchev–Trinajstić information content (AvgIpc) is 3.20. The molecule has 3 rings (SSSR count).